The standard InChI is InChI=1S/C8H10O2/c9-5-7-3-1-2-4-8(7)6-10/h1-4,9-10H,5-6H2. The Kier molecular flexibility index (Phi) is 2.42. The third kappa shape index (κ3) is 1.35. The predicted molar refractivity (Wildman–Crippen MR) is 38.3 cm³/mol. The van der Waals surface area contributed by atoms with E-state index in [1.165, 1.54) is 0 Å². The molecule has 1 rings (SSSR count). The van der Waals surface area contributed by atoms with Crippen LogP contribution < -0.4 is 0 Å². The van der Waals surface area contributed by atoms with Crippen molar-refractivity contribution < 1.29 is 10.2 Å². The van der Waals surface area contributed by atoms with Gasteiger partial charge in [0.2, 0.25) is 0 Å². The second kappa shape index (κ2) is 3.34. The van der Waals surface area contributed by atoms with Gasteiger partial charge in [-0.15, -0.1) is 0 Å². The average molecular weight is 138 g/mol. The van der Waals surface area contributed by atoms with Crippen molar-refractivity contribution in [1.29, 1.82) is 0 Å². The highest BCUT2D eigenvalue weighted by atomic mass is 16.3. The summed E-state index contributed by atoms with van der Waals surface area (Å²) in [5, 5.41) is 17.5. The highest BCUT2D eigenvalue weighted by molar-refractivity contribution is 5.25. The lowest BCUT2D eigenvalue weighted by molar-refractivity contribution is 0.260. The monoisotopic (exact) mass is 138 g/mol. The molecule has 0 atom stereocenters. The molecule has 10 heavy (non-hydrogen) atoms. The molecule has 2 N–H and O–H groups in total. The quantitative estimate of drug-likeness (QED) is 0.630. The van der Waals surface area contributed by atoms with Crippen LogP contribution in [0, 0.1) is 0 Å². The molecule has 0 heterocycles. The molecule has 0 spiro atoms. The van der Waals surface area contributed by atoms with Crippen molar-refractivity contribution in [2.45, 2.75) is 13.2 Å². The van der Waals surface area contributed by atoms with Crippen molar-refractivity contribution in [2.24, 2.45) is 0 Å². The first-order valence-corrected chi connectivity index (χ1v) is 3.17. The average Bonchev–Trinajstić information content (AvgIpc) is 2.04. The van der Waals surface area contributed by atoms with Crippen LogP contribution in [0.25, 0.3) is 0 Å². The van der Waals surface area contributed by atoms with E-state index in [-0.39, 0.29) is 13.2 Å². The van der Waals surface area contributed by atoms with E-state index in [9.17, 15) is 0 Å². The van der Waals surface area contributed by atoms with Crippen molar-refractivity contribution in [1.82, 2.24) is 0 Å². The van der Waals surface area contributed by atoms with Crippen molar-refractivity contribution >= 4 is 0 Å². The lowest BCUT2D eigenvalue weighted by Gasteiger charge is -2.01. The minimum atomic E-state index is -0.00324. The molecule has 0 aromatic heterocycles. The highest BCUT2D eigenvalue weighted by Crippen LogP contribution is 2.07. The number of rotatable bonds is 2. The van der Waals surface area contributed by atoms with E-state index in [0.717, 1.165) is 11.1 Å². The Bertz CT molecular complexity index is 185. The summed E-state index contributed by atoms with van der Waals surface area (Å²) in [6.07, 6.45) is 0. The first-order chi connectivity index (χ1) is 4.88. The molecule has 0 amide bonds. The van der Waals surface area contributed by atoms with E-state index < -0.39 is 0 Å². The van der Waals surface area contributed by atoms with E-state index in [2.05, 4.69) is 0 Å². The fraction of sp³-hybridized carbons (Fsp3) is 0.250. The minimum absolute atomic E-state index is 0.00324. The number of hydrogen-bond donors (Lipinski definition) is 2. The van der Waals surface area contributed by atoms with E-state index in [4.69, 9.17) is 10.2 Å². The van der Waals surface area contributed by atoms with Gasteiger partial charge in [-0.05, 0) is 11.1 Å². The minimum Gasteiger partial charge on any atom is -0.392 e. The van der Waals surface area contributed by atoms with Crippen LogP contribution in [0.1, 0.15) is 11.1 Å². The van der Waals surface area contributed by atoms with Gasteiger partial charge in [0.15, 0.2) is 0 Å². The molecule has 0 unspecified atom stereocenters. The molecule has 0 aliphatic heterocycles. The molecule has 0 aliphatic carbocycles. The van der Waals surface area contributed by atoms with Crippen LogP contribution in [-0.4, -0.2) is 10.2 Å². The summed E-state index contributed by atoms with van der Waals surface area (Å²) in [6, 6.07) is 7.27. The number of aliphatic hydroxyl groups is 2. The van der Waals surface area contributed by atoms with Crippen molar-refractivity contribution in [2.75, 3.05) is 0 Å². The highest BCUT2D eigenvalue weighted by Gasteiger charge is 1.95. The summed E-state index contributed by atoms with van der Waals surface area (Å²) < 4.78 is 0. The molecule has 1 aromatic carbocycles. The van der Waals surface area contributed by atoms with Gasteiger partial charge < -0.3 is 10.2 Å². The third-order valence-electron chi connectivity index (χ3n) is 1.46. The SMILES string of the molecule is OCc1ccccc1CO. The Morgan fingerprint density at radius 2 is 1.30 bits per heavy atom. The molecule has 0 aliphatic rings. The largest absolute Gasteiger partial charge is 0.392 e. The molecule has 0 fully saturated rings. The van der Waals surface area contributed by atoms with E-state index in [1.54, 1.807) is 12.1 Å². The predicted octanol–water partition coefficient (Wildman–Crippen LogP) is 0.671. The van der Waals surface area contributed by atoms with Crippen molar-refractivity contribution in [3.8, 4) is 0 Å². The first-order valence-electron chi connectivity index (χ1n) is 3.17. The van der Waals surface area contributed by atoms with Gasteiger partial charge in [0.1, 0.15) is 0 Å². The zero-order chi connectivity index (χ0) is 7.40. The fourth-order valence-corrected chi connectivity index (χ4v) is 0.866. The molecule has 0 bridgehead atoms. The summed E-state index contributed by atoms with van der Waals surface area (Å²) >= 11 is 0. The Labute approximate surface area is 59.7 Å². The summed E-state index contributed by atoms with van der Waals surface area (Å²) in [5.41, 5.74) is 1.59. The maximum absolute atomic E-state index is 8.74. The Balaban J connectivity index is 2.96. The van der Waals surface area contributed by atoms with Crippen LogP contribution in [0.3, 0.4) is 0 Å². The second-order valence-corrected chi connectivity index (χ2v) is 2.08. The van der Waals surface area contributed by atoms with Gasteiger partial charge in [-0.2, -0.15) is 0 Å². The summed E-state index contributed by atoms with van der Waals surface area (Å²) in [4.78, 5) is 0. The molecule has 1 aromatic rings. The van der Waals surface area contributed by atoms with Gasteiger partial charge >= 0.3 is 0 Å². The topological polar surface area (TPSA) is 40.5 Å². The molecule has 0 radical (unpaired) electrons. The van der Waals surface area contributed by atoms with Gasteiger partial charge in [-0.1, -0.05) is 24.3 Å². The zero-order valence-electron chi connectivity index (χ0n) is 5.62. The lowest BCUT2D eigenvalue weighted by Crippen LogP contribution is -1.91. The first kappa shape index (κ1) is 7.25. The van der Waals surface area contributed by atoms with E-state index in [1.807, 2.05) is 12.1 Å². The molecule has 0 saturated carbocycles. The molecular weight excluding hydrogens is 128 g/mol. The Morgan fingerprint density at radius 1 is 0.900 bits per heavy atom. The number of benzene rings is 1. The molecule has 2 nitrogen and oxygen atoms in total. The Hall–Kier alpha value is -0.860. The van der Waals surface area contributed by atoms with E-state index in [0.29, 0.717) is 0 Å². The second-order valence-electron chi connectivity index (χ2n) is 2.08. The van der Waals surface area contributed by atoms with Gasteiger partial charge in [0.25, 0.3) is 0 Å². The van der Waals surface area contributed by atoms with Crippen LogP contribution in [0.15, 0.2) is 24.3 Å². The maximum atomic E-state index is 8.74. The van der Waals surface area contributed by atoms with Crippen LogP contribution in [-0.2, 0) is 13.2 Å². The molecule has 54 valence electrons. The van der Waals surface area contributed by atoms with Gasteiger partial charge in [0, 0.05) is 0 Å². The van der Waals surface area contributed by atoms with Crippen molar-refractivity contribution in [3.63, 3.8) is 0 Å². The van der Waals surface area contributed by atoms with Crippen LogP contribution in [0.5, 0.6) is 0 Å². The number of aliphatic hydroxyl groups excluding tert-OH is 2. The van der Waals surface area contributed by atoms with Crippen LogP contribution in [0.2, 0.25) is 0 Å². The smallest absolute Gasteiger partial charge is 0.0685 e. The zero-order valence-corrected chi connectivity index (χ0v) is 5.62. The number of hydrogen-bond acceptors (Lipinski definition) is 2. The summed E-state index contributed by atoms with van der Waals surface area (Å²) in [5.74, 6) is 0. The van der Waals surface area contributed by atoms with Crippen LogP contribution in [0.4, 0.5) is 0 Å². The molecule has 0 saturated heterocycles. The Morgan fingerprint density at radius 3 is 1.60 bits per heavy atom. The van der Waals surface area contributed by atoms with Gasteiger partial charge in [-0.25, -0.2) is 0 Å². The molecular formula is C8H10O2. The van der Waals surface area contributed by atoms with Gasteiger partial charge in [0.05, 0.1) is 13.2 Å². The van der Waals surface area contributed by atoms with Crippen LogP contribution >= 0.6 is 0 Å². The normalized spacial score (nSPS) is 9.80. The maximum Gasteiger partial charge on any atom is 0.0685 e. The third-order valence-corrected chi connectivity index (χ3v) is 1.46. The molecule has 2 heteroatoms. The van der Waals surface area contributed by atoms with Crippen molar-refractivity contribution in [3.05, 3.63) is 35.4 Å². The summed E-state index contributed by atoms with van der Waals surface area (Å²) in [6.45, 7) is -0.00648. The fourth-order valence-electron chi connectivity index (χ4n) is 0.866. The van der Waals surface area contributed by atoms with E-state index >= 15 is 0 Å². The lowest BCUT2D eigenvalue weighted by atomic mass is 10.1. The van der Waals surface area contributed by atoms with Gasteiger partial charge in [-0.3, -0.25) is 0 Å². The summed E-state index contributed by atoms with van der Waals surface area (Å²) in [7, 11) is 0.